The largest absolute Gasteiger partial charge is 0.450 e. The van der Waals surface area contributed by atoms with Gasteiger partial charge >= 0.3 is 0 Å². The van der Waals surface area contributed by atoms with Gasteiger partial charge in [0.15, 0.2) is 40.5 Å². The highest BCUT2D eigenvalue weighted by molar-refractivity contribution is 6.11. The van der Waals surface area contributed by atoms with Gasteiger partial charge in [-0.1, -0.05) is 220 Å². The summed E-state index contributed by atoms with van der Waals surface area (Å²) >= 11 is 0. The number of aliphatic imine (C=N–C) groups is 1. The van der Waals surface area contributed by atoms with Crippen molar-refractivity contribution >= 4 is 38.7 Å². The number of benzene rings is 10. The molecule has 3 heterocycles. The molecule has 0 fully saturated rings. The minimum Gasteiger partial charge on any atom is -0.450 e. The van der Waals surface area contributed by atoms with Crippen molar-refractivity contribution in [2.75, 3.05) is 7.05 Å². The molecule has 0 saturated carbocycles. The second-order valence-corrected chi connectivity index (χ2v) is 23.0. The number of aromatic nitrogens is 4. The molecule has 450 valence electrons. The van der Waals surface area contributed by atoms with Crippen molar-refractivity contribution in [3.05, 3.63) is 312 Å². The molecule has 12 aromatic rings. The van der Waals surface area contributed by atoms with Crippen molar-refractivity contribution in [1.82, 2.24) is 19.5 Å². The summed E-state index contributed by atoms with van der Waals surface area (Å²) in [4.78, 5) is 19.0. The molecule has 16 rings (SSSR count). The van der Waals surface area contributed by atoms with Crippen molar-refractivity contribution in [3.8, 4) is 84.8 Å². The zero-order valence-corrected chi connectivity index (χ0v) is 53.4. The lowest BCUT2D eigenvalue weighted by molar-refractivity contribution is 0.359. The molecule has 0 bridgehead atoms. The Morgan fingerprint density at radius 3 is 1.58 bits per heavy atom. The van der Waals surface area contributed by atoms with E-state index < -0.39 is 5.41 Å². The van der Waals surface area contributed by atoms with Crippen LogP contribution in [0.4, 0.5) is 0 Å². The second kappa shape index (κ2) is 26.2. The van der Waals surface area contributed by atoms with E-state index in [1.165, 1.54) is 83.1 Å². The van der Waals surface area contributed by atoms with E-state index in [0.717, 1.165) is 75.0 Å². The number of hydrogen-bond donors (Lipinski definition) is 0. The van der Waals surface area contributed by atoms with Crippen molar-refractivity contribution in [2.24, 2.45) is 4.99 Å². The highest BCUT2D eigenvalue weighted by Crippen LogP contribution is 2.65. The van der Waals surface area contributed by atoms with Crippen LogP contribution in [0, 0.1) is 0 Å². The molecule has 0 N–H and O–H groups in total. The van der Waals surface area contributed by atoms with Crippen LogP contribution in [0.3, 0.4) is 0 Å². The zero-order chi connectivity index (χ0) is 63.3. The van der Waals surface area contributed by atoms with Crippen LogP contribution in [-0.4, -0.2) is 32.3 Å². The predicted octanol–water partition coefficient (Wildman–Crippen LogP) is 22.7. The van der Waals surface area contributed by atoms with E-state index >= 15 is 0 Å². The summed E-state index contributed by atoms with van der Waals surface area (Å²) in [5.41, 5.74) is 22.9. The van der Waals surface area contributed by atoms with Gasteiger partial charge < -0.3 is 14.0 Å². The van der Waals surface area contributed by atoms with Crippen molar-refractivity contribution in [1.29, 1.82) is 0 Å². The molecule has 0 saturated heterocycles. The third-order valence-electron chi connectivity index (χ3n) is 17.8. The van der Waals surface area contributed by atoms with Crippen LogP contribution in [0.5, 0.6) is 23.0 Å². The fourth-order valence-electron chi connectivity index (χ4n) is 13.2. The normalized spacial score (nSPS) is 13.8. The lowest BCUT2D eigenvalue weighted by atomic mass is 9.70. The number of rotatable bonds is 8. The van der Waals surface area contributed by atoms with Crippen LogP contribution < -0.4 is 9.47 Å². The minimum atomic E-state index is -0.564. The Bertz CT molecular complexity index is 4820. The average Bonchev–Trinajstić information content (AvgIpc) is 1.51. The van der Waals surface area contributed by atoms with Crippen LogP contribution in [0.1, 0.15) is 94.9 Å². The Labute approximate surface area is 540 Å². The molecular formula is C85H73N5O2. The summed E-state index contributed by atoms with van der Waals surface area (Å²) in [6.45, 7) is 14.1. The number of para-hydroxylation sites is 3. The van der Waals surface area contributed by atoms with Gasteiger partial charge in [0.05, 0.1) is 16.4 Å². The summed E-state index contributed by atoms with van der Waals surface area (Å²) in [5, 5.41) is 2.42. The maximum Gasteiger partial charge on any atom is 0.170 e. The minimum absolute atomic E-state index is 0.564. The Hall–Kier alpha value is -11.0. The first-order valence-corrected chi connectivity index (χ1v) is 32.0. The molecule has 7 nitrogen and oxygen atoms in total. The van der Waals surface area contributed by atoms with E-state index in [0.29, 0.717) is 17.5 Å². The zero-order valence-electron chi connectivity index (χ0n) is 53.4. The van der Waals surface area contributed by atoms with Gasteiger partial charge in [-0.25, -0.2) is 15.0 Å². The molecule has 10 aromatic carbocycles. The van der Waals surface area contributed by atoms with Crippen molar-refractivity contribution < 1.29 is 9.47 Å². The Balaban J connectivity index is 0.000000434. The Morgan fingerprint density at radius 1 is 0.457 bits per heavy atom. The van der Waals surface area contributed by atoms with Gasteiger partial charge in [-0.2, -0.15) is 0 Å². The third kappa shape index (κ3) is 10.9. The number of nitrogens with zero attached hydrogens (tertiary/aromatic N) is 5. The summed E-state index contributed by atoms with van der Waals surface area (Å²) in [5.74, 6) is 4.91. The molecule has 1 spiro atoms. The molecule has 4 aliphatic rings. The van der Waals surface area contributed by atoms with E-state index in [2.05, 4.69) is 205 Å². The molecule has 92 heavy (non-hydrogen) atoms. The quantitative estimate of drug-likeness (QED) is 0.112. The van der Waals surface area contributed by atoms with Crippen LogP contribution >= 0.6 is 0 Å². The van der Waals surface area contributed by atoms with Gasteiger partial charge in [-0.15, -0.1) is 0 Å². The Kier molecular flexibility index (Phi) is 17.1. The molecule has 1 aliphatic heterocycles. The van der Waals surface area contributed by atoms with Gasteiger partial charge in [0, 0.05) is 45.9 Å². The van der Waals surface area contributed by atoms with E-state index in [1.807, 2.05) is 134 Å². The smallest absolute Gasteiger partial charge is 0.170 e. The van der Waals surface area contributed by atoms with E-state index in [1.54, 1.807) is 0 Å². The molecule has 0 unspecified atom stereocenters. The van der Waals surface area contributed by atoms with E-state index in [-0.39, 0.29) is 0 Å². The van der Waals surface area contributed by atoms with Gasteiger partial charge in [0.1, 0.15) is 0 Å². The van der Waals surface area contributed by atoms with Crippen LogP contribution in [0.25, 0.3) is 94.8 Å². The molecule has 0 atom stereocenters. The van der Waals surface area contributed by atoms with Gasteiger partial charge in [-0.05, 0) is 187 Å². The highest BCUT2D eigenvalue weighted by Gasteiger charge is 2.52. The van der Waals surface area contributed by atoms with Crippen molar-refractivity contribution in [2.45, 2.75) is 66.7 Å². The van der Waals surface area contributed by atoms with Crippen molar-refractivity contribution in [3.63, 3.8) is 0 Å². The first kappa shape index (κ1) is 59.9. The SMILES string of the molecule is C/C=C(\C)C(C)=NC.C/C=C\C=C\C.C1=C(c2ccc(-n3c4ccccc4c4cc(-c5ccc6c(c5)C5(c7ccccc7-c7ccccc75)c5cc7c(cc5-6)Oc5ccccc5O7)ccc43)cc2)CCC=C1c1nc(-c2ccccc2)nc(-c2ccccc2)n1.CC. The topological polar surface area (TPSA) is 74.4 Å². The number of hydrogen-bond acceptors (Lipinski definition) is 6. The van der Waals surface area contributed by atoms with Crippen LogP contribution in [0.15, 0.2) is 284 Å². The third-order valence-corrected chi connectivity index (χ3v) is 17.8. The summed E-state index contributed by atoms with van der Waals surface area (Å²) in [7, 11) is 1.81. The first-order chi connectivity index (χ1) is 45.3. The van der Waals surface area contributed by atoms with Crippen LogP contribution in [-0.2, 0) is 5.41 Å². The summed E-state index contributed by atoms with van der Waals surface area (Å²) in [6.07, 6.45) is 16.4. The Morgan fingerprint density at radius 2 is 0.967 bits per heavy atom. The molecule has 3 aliphatic carbocycles. The van der Waals surface area contributed by atoms with Crippen LogP contribution in [0.2, 0.25) is 0 Å². The van der Waals surface area contributed by atoms with Gasteiger partial charge in [0.25, 0.3) is 0 Å². The van der Waals surface area contributed by atoms with Gasteiger partial charge in [0.2, 0.25) is 0 Å². The fraction of sp³-hybridized carbons (Fsp3) is 0.129. The molecule has 7 heteroatoms. The number of allylic oxidation sites excluding steroid dienone is 10. The second-order valence-electron chi connectivity index (χ2n) is 23.0. The summed E-state index contributed by atoms with van der Waals surface area (Å²) in [6, 6.07) is 82.5. The highest BCUT2D eigenvalue weighted by atomic mass is 16.6. The predicted molar refractivity (Wildman–Crippen MR) is 384 cm³/mol. The molecule has 0 radical (unpaired) electrons. The average molecular weight is 1200 g/mol. The standard InChI is InChI=1S/C70H44N4O2.C7H13N.C6H10.C2H6/c1-3-16-44(17-4-1)67-71-68(45-18-5-2-6-19-45)73-69(72-67)49-21-15-20-46(38-49)43-30-34-50(35-31-43)74-61-27-12-9-24-54(61)56-39-47(33-37-62(56)74)48-32-36-53-55-41-65-66(76-64-29-14-13-28-63(64)75-65)42-60(55)70(59(53)40-48)57-25-10-7-22-51(57)52-23-8-11-26-58(52)70;1-5-6(2)7(3)8-4;1-3-5-6-4-2;1-2/h1-14,16-19,21-42H,15,20H2;5H,1-4H3;3-6H,1-2H3;1-2H3/b;6-5+,8-7?;5-3-,6-4+;. The molecule has 2 aromatic heterocycles. The van der Waals surface area contributed by atoms with Gasteiger partial charge in [-0.3, -0.25) is 4.99 Å². The van der Waals surface area contributed by atoms with E-state index in [9.17, 15) is 0 Å². The maximum absolute atomic E-state index is 6.63. The molecular weight excluding hydrogens is 1120 g/mol. The molecule has 0 amide bonds. The fourth-order valence-corrected chi connectivity index (χ4v) is 13.2. The number of fused-ring (bicyclic) bond motifs is 15. The number of ether oxygens (including phenoxy) is 2. The van der Waals surface area contributed by atoms with E-state index in [4.69, 9.17) is 24.4 Å². The maximum atomic E-state index is 6.63. The lowest BCUT2D eigenvalue weighted by Gasteiger charge is -2.31. The lowest BCUT2D eigenvalue weighted by Crippen LogP contribution is -2.26. The summed E-state index contributed by atoms with van der Waals surface area (Å²) < 4.78 is 15.6. The monoisotopic (exact) mass is 1200 g/mol. The first-order valence-electron chi connectivity index (χ1n) is 32.0.